The van der Waals surface area contributed by atoms with Crippen molar-refractivity contribution in [2.24, 2.45) is 5.73 Å². The Bertz CT molecular complexity index is 1330. The number of carbonyl (C=O) groups excluding carboxylic acids is 1. The van der Waals surface area contributed by atoms with Crippen LogP contribution in [0.4, 0.5) is 36.3 Å². The van der Waals surface area contributed by atoms with Gasteiger partial charge in [0.15, 0.2) is 0 Å². The second-order valence-corrected chi connectivity index (χ2v) is 9.55. The predicted octanol–water partition coefficient (Wildman–Crippen LogP) is 4.02. The molecule has 2 aromatic carbocycles. The fraction of sp³-hybridized carbons (Fsp3) is 0.227. The van der Waals surface area contributed by atoms with Crippen molar-refractivity contribution in [2.75, 3.05) is 21.1 Å². The molecule has 186 valence electrons. The van der Waals surface area contributed by atoms with E-state index in [2.05, 4.69) is 25.3 Å². The monoisotopic (exact) mass is 508 g/mol. The van der Waals surface area contributed by atoms with Crippen LogP contribution in [0.1, 0.15) is 34.0 Å². The van der Waals surface area contributed by atoms with E-state index in [4.69, 9.17) is 5.73 Å². The lowest BCUT2D eigenvalue weighted by molar-refractivity contribution is -0.137. The summed E-state index contributed by atoms with van der Waals surface area (Å²) in [6.45, 7) is 3.11. The number of nitrogens with zero attached hydrogens (tertiary/aromatic N) is 2. The van der Waals surface area contributed by atoms with Crippen molar-refractivity contribution in [1.29, 1.82) is 0 Å². The highest BCUT2D eigenvalue weighted by Gasteiger charge is 2.35. The molecule has 0 fully saturated rings. The maximum atomic E-state index is 13.6. The van der Waals surface area contributed by atoms with Crippen molar-refractivity contribution < 1.29 is 26.4 Å². The molecule has 0 aliphatic heterocycles. The highest BCUT2D eigenvalue weighted by atomic mass is 32.2. The van der Waals surface area contributed by atoms with Crippen molar-refractivity contribution in [3.63, 3.8) is 0 Å². The number of rotatable bonds is 9. The number of halogens is 3. The molecule has 0 radical (unpaired) electrons. The predicted molar refractivity (Wildman–Crippen MR) is 127 cm³/mol. The number of aryl methyl sites for hydroxylation is 1. The van der Waals surface area contributed by atoms with Gasteiger partial charge in [-0.25, -0.2) is 13.4 Å². The minimum absolute atomic E-state index is 0.122. The van der Waals surface area contributed by atoms with Crippen molar-refractivity contribution in [3.05, 3.63) is 70.9 Å². The van der Waals surface area contributed by atoms with Gasteiger partial charge in [0, 0.05) is 24.0 Å². The number of alkyl halides is 3. The second kappa shape index (κ2) is 10.2. The van der Waals surface area contributed by atoms with Gasteiger partial charge in [0.25, 0.3) is 0 Å². The first-order chi connectivity index (χ1) is 16.4. The lowest BCUT2D eigenvalue weighted by Gasteiger charge is -2.17. The van der Waals surface area contributed by atoms with E-state index >= 15 is 0 Å². The summed E-state index contributed by atoms with van der Waals surface area (Å²) in [4.78, 5) is 18.9. The van der Waals surface area contributed by atoms with E-state index in [1.807, 2.05) is 0 Å². The Morgan fingerprint density at radius 1 is 1.11 bits per heavy atom. The smallest absolute Gasteiger partial charge is 0.366 e. The summed E-state index contributed by atoms with van der Waals surface area (Å²) in [5, 5.41) is 5.42. The standard InChI is InChI=1S/C22H23F3N6O3S/c1-3-35(33,34)31-18-9-4-13(2)10-15(18)11-27-20-17(22(23,24)25)12-28-21(30-20)29-16-7-5-14(6-8-16)19(26)32/h4-10,12,31H,3,11H2,1-2H3,(H2,26,32)(H2,27,28,29,30). The molecular formula is C22H23F3N6O3S. The number of anilines is 4. The molecule has 1 heterocycles. The average Bonchev–Trinajstić information content (AvgIpc) is 2.79. The molecule has 3 rings (SSSR count). The van der Waals surface area contributed by atoms with E-state index in [-0.39, 0.29) is 29.5 Å². The van der Waals surface area contributed by atoms with Gasteiger partial charge in [-0.15, -0.1) is 0 Å². The van der Waals surface area contributed by atoms with Crippen molar-refractivity contribution in [3.8, 4) is 0 Å². The second-order valence-electron chi connectivity index (χ2n) is 7.54. The van der Waals surface area contributed by atoms with Crippen LogP contribution in [0.2, 0.25) is 0 Å². The summed E-state index contributed by atoms with van der Waals surface area (Å²) in [5.41, 5.74) is 6.28. The Balaban J connectivity index is 1.89. The maximum Gasteiger partial charge on any atom is 0.421 e. The Kier molecular flexibility index (Phi) is 7.48. The third-order valence-corrected chi connectivity index (χ3v) is 6.16. The molecule has 13 heteroatoms. The van der Waals surface area contributed by atoms with E-state index in [0.29, 0.717) is 17.4 Å². The Labute approximate surface area is 200 Å². The quantitative estimate of drug-likeness (QED) is 0.342. The van der Waals surface area contributed by atoms with Gasteiger partial charge in [0.05, 0.1) is 11.4 Å². The van der Waals surface area contributed by atoms with E-state index < -0.39 is 33.5 Å². The third kappa shape index (κ3) is 6.82. The number of hydrogen-bond donors (Lipinski definition) is 4. The molecule has 0 aliphatic rings. The van der Waals surface area contributed by atoms with Crippen molar-refractivity contribution in [1.82, 2.24) is 9.97 Å². The molecule has 0 saturated carbocycles. The zero-order valence-corrected chi connectivity index (χ0v) is 19.6. The molecule has 3 aromatic rings. The van der Waals surface area contributed by atoms with Crippen LogP contribution in [0.15, 0.2) is 48.7 Å². The summed E-state index contributed by atoms with van der Waals surface area (Å²) < 4.78 is 67.2. The van der Waals surface area contributed by atoms with Gasteiger partial charge in [-0.2, -0.15) is 18.2 Å². The number of amides is 1. The summed E-state index contributed by atoms with van der Waals surface area (Å²) in [6, 6.07) is 10.8. The number of hydrogen-bond acceptors (Lipinski definition) is 7. The Hall–Kier alpha value is -3.87. The van der Waals surface area contributed by atoms with Crippen LogP contribution in [0.5, 0.6) is 0 Å². The first-order valence-corrected chi connectivity index (χ1v) is 12.0. The van der Waals surface area contributed by atoms with Gasteiger partial charge < -0.3 is 16.4 Å². The molecule has 0 unspecified atom stereocenters. The van der Waals surface area contributed by atoms with E-state index in [1.54, 1.807) is 25.1 Å². The normalized spacial score (nSPS) is 11.7. The summed E-state index contributed by atoms with van der Waals surface area (Å²) >= 11 is 0. The van der Waals surface area contributed by atoms with E-state index in [1.165, 1.54) is 31.2 Å². The third-order valence-electron chi connectivity index (χ3n) is 4.87. The fourth-order valence-electron chi connectivity index (χ4n) is 3.02. The lowest BCUT2D eigenvalue weighted by Crippen LogP contribution is -2.18. The molecule has 1 amide bonds. The van der Waals surface area contributed by atoms with Crippen LogP contribution < -0.4 is 21.1 Å². The molecule has 35 heavy (non-hydrogen) atoms. The molecule has 9 nitrogen and oxygen atoms in total. The molecule has 0 atom stereocenters. The first kappa shape index (κ1) is 25.7. The van der Waals surface area contributed by atoms with Gasteiger partial charge in [-0.05, 0) is 49.7 Å². The largest absolute Gasteiger partial charge is 0.421 e. The highest BCUT2D eigenvalue weighted by molar-refractivity contribution is 7.92. The summed E-state index contributed by atoms with van der Waals surface area (Å²) in [7, 11) is -3.59. The molecule has 0 aliphatic carbocycles. The van der Waals surface area contributed by atoms with Crippen LogP contribution in [-0.2, 0) is 22.7 Å². The molecule has 0 bridgehead atoms. The Morgan fingerprint density at radius 2 is 1.80 bits per heavy atom. The van der Waals surface area contributed by atoms with Crippen LogP contribution >= 0.6 is 0 Å². The van der Waals surface area contributed by atoms with Gasteiger partial charge in [0.1, 0.15) is 11.4 Å². The molecule has 0 spiro atoms. The van der Waals surface area contributed by atoms with Gasteiger partial charge in [-0.3, -0.25) is 9.52 Å². The van der Waals surface area contributed by atoms with Crippen LogP contribution in [0, 0.1) is 6.92 Å². The van der Waals surface area contributed by atoms with Gasteiger partial charge in [-0.1, -0.05) is 17.7 Å². The zero-order chi connectivity index (χ0) is 25.8. The van der Waals surface area contributed by atoms with Gasteiger partial charge in [0.2, 0.25) is 21.9 Å². The summed E-state index contributed by atoms with van der Waals surface area (Å²) in [6.07, 6.45) is -4.09. The minimum Gasteiger partial charge on any atom is -0.366 e. The number of nitrogens with one attached hydrogen (secondary N) is 3. The van der Waals surface area contributed by atoms with Crippen LogP contribution in [-0.4, -0.2) is 30.0 Å². The Morgan fingerprint density at radius 3 is 2.40 bits per heavy atom. The zero-order valence-electron chi connectivity index (χ0n) is 18.8. The topological polar surface area (TPSA) is 139 Å². The number of aromatic nitrogens is 2. The van der Waals surface area contributed by atoms with Crippen LogP contribution in [0.3, 0.4) is 0 Å². The molecular weight excluding hydrogens is 485 g/mol. The number of nitrogens with two attached hydrogens (primary N) is 1. The summed E-state index contributed by atoms with van der Waals surface area (Å²) in [5.74, 6) is -1.39. The van der Waals surface area contributed by atoms with Gasteiger partial charge >= 0.3 is 6.18 Å². The number of carbonyl (C=O) groups is 1. The van der Waals surface area contributed by atoms with E-state index in [9.17, 15) is 26.4 Å². The van der Waals surface area contributed by atoms with Crippen molar-refractivity contribution >= 4 is 39.1 Å². The average molecular weight is 509 g/mol. The van der Waals surface area contributed by atoms with Crippen LogP contribution in [0.25, 0.3) is 0 Å². The number of benzene rings is 2. The fourth-order valence-corrected chi connectivity index (χ4v) is 3.70. The highest BCUT2D eigenvalue weighted by Crippen LogP contribution is 2.34. The minimum atomic E-state index is -4.73. The SMILES string of the molecule is CCS(=O)(=O)Nc1ccc(C)cc1CNc1nc(Nc2ccc(C(N)=O)cc2)ncc1C(F)(F)F. The van der Waals surface area contributed by atoms with E-state index in [0.717, 1.165) is 5.56 Å². The first-order valence-electron chi connectivity index (χ1n) is 10.3. The number of sulfonamides is 1. The maximum absolute atomic E-state index is 13.6. The molecule has 5 N–H and O–H groups in total. The lowest BCUT2D eigenvalue weighted by atomic mass is 10.1. The van der Waals surface area contributed by atoms with Crippen molar-refractivity contribution in [2.45, 2.75) is 26.6 Å². The number of primary amides is 1. The molecule has 1 aromatic heterocycles. The molecule has 0 saturated heterocycles.